The predicted molar refractivity (Wildman–Crippen MR) is 75.5 cm³/mol. The minimum absolute atomic E-state index is 0.00526. The first-order valence-electron chi connectivity index (χ1n) is 6.31. The summed E-state index contributed by atoms with van der Waals surface area (Å²) in [6, 6.07) is -0.0824. The number of rotatable bonds is 4. The molecule has 17 heavy (non-hydrogen) atoms. The molecular weight excluding hydrogens is 210 g/mol. The Kier molecular flexibility index (Phi) is 5.97. The second-order valence-electron chi connectivity index (χ2n) is 6.80. The normalized spacial score (nSPS) is 16.4. The van der Waals surface area contributed by atoms with Crippen LogP contribution in [0, 0.1) is 10.8 Å². The molecule has 0 aliphatic carbocycles. The molecule has 0 rings (SSSR count). The summed E-state index contributed by atoms with van der Waals surface area (Å²) >= 11 is 0. The van der Waals surface area contributed by atoms with Crippen molar-refractivity contribution in [2.75, 3.05) is 0 Å². The average molecular weight is 239 g/mol. The molecule has 0 radical (unpaired) electrons. The van der Waals surface area contributed by atoms with Gasteiger partial charge in [-0.15, -0.1) is 0 Å². The minimum atomic E-state index is -0.0824. The fourth-order valence-corrected chi connectivity index (χ4v) is 1.23. The lowest BCUT2D eigenvalue weighted by Gasteiger charge is -2.29. The van der Waals surface area contributed by atoms with Crippen LogP contribution < -0.4 is 5.73 Å². The summed E-state index contributed by atoms with van der Waals surface area (Å²) in [6.45, 7) is 14.9. The SMILES string of the molecule is C/C=C\O/C(=C\CC(C)(C)C)[C@H](N)C(C)(C)C. The number of hydrogen-bond donors (Lipinski definition) is 1. The molecule has 100 valence electrons. The van der Waals surface area contributed by atoms with Gasteiger partial charge in [-0.25, -0.2) is 0 Å². The summed E-state index contributed by atoms with van der Waals surface area (Å²) in [6.07, 6.45) is 6.65. The predicted octanol–water partition coefficient (Wildman–Crippen LogP) is 4.23. The summed E-state index contributed by atoms with van der Waals surface area (Å²) in [7, 11) is 0. The highest BCUT2D eigenvalue weighted by Gasteiger charge is 2.25. The van der Waals surface area contributed by atoms with Gasteiger partial charge in [0, 0.05) is 0 Å². The summed E-state index contributed by atoms with van der Waals surface area (Å²) < 4.78 is 5.63. The molecule has 0 fully saturated rings. The maximum Gasteiger partial charge on any atom is 0.116 e. The van der Waals surface area contributed by atoms with Crippen molar-refractivity contribution in [3.63, 3.8) is 0 Å². The zero-order valence-electron chi connectivity index (χ0n) is 12.5. The molecule has 0 aromatic carbocycles. The van der Waals surface area contributed by atoms with Crippen LogP contribution in [-0.2, 0) is 4.74 Å². The second kappa shape index (κ2) is 6.25. The van der Waals surface area contributed by atoms with E-state index in [0.29, 0.717) is 0 Å². The fraction of sp³-hybridized carbons (Fsp3) is 0.733. The Labute approximate surface area is 107 Å². The number of nitrogens with two attached hydrogens (primary N) is 1. The molecule has 0 aromatic heterocycles. The van der Waals surface area contributed by atoms with E-state index in [1.807, 2.05) is 13.0 Å². The lowest BCUT2D eigenvalue weighted by molar-refractivity contribution is 0.237. The lowest BCUT2D eigenvalue weighted by atomic mass is 9.84. The van der Waals surface area contributed by atoms with E-state index in [-0.39, 0.29) is 16.9 Å². The van der Waals surface area contributed by atoms with Gasteiger partial charge < -0.3 is 10.5 Å². The number of ether oxygens (including phenoxy) is 1. The Morgan fingerprint density at radius 3 is 2.06 bits per heavy atom. The van der Waals surface area contributed by atoms with Gasteiger partial charge >= 0.3 is 0 Å². The van der Waals surface area contributed by atoms with Crippen molar-refractivity contribution >= 4 is 0 Å². The second-order valence-corrected chi connectivity index (χ2v) is 6.80. The van der Waals surface area contributed by atoms with Gasteiger partial charge in [0.05, 0.1) is 12.3 Å². The van der Waals surface area contributed by atoms with E-state index in [9.17, 15) is 0 Å². The molecule has 2 nitrogen and oxygen atoms in total. The van der Waals surface area contributed by atoms with Crippen LogP contribution in [0.1, 0.15) is 54.9 Å². The third kappa shape index (κ3) is 7.22. The Morgan fingerprint density at radius 1 is 1.18 bits per heavy atom. The highest BCUT2D eigenvalue weighted by molar-refractivity contribution is 5.08. The Morgan fingerprint density at radius 2 is 1.71 bits per heavy atom. The van der Waals surface area contributed by atoms with Crippen LogP contribution >= 0.6 is 0 Å². The molecule has 2 heteroatoms. The van der Waals surface area contributed by atoms with Crippen molar-refractivity contribution in [2.45, 2.75) is 60.9 Å². The smallest absolute Gasteiger partial charge is 0.116 e. The third-order valence-electron chi connectivity index (χ3n) is 2.50. The van der Waals surface area contributed by atoms with Crippen molar-refractivity contribution in [1.29, 1.82) is 0 Å². The molecular formula is C15H29NO. The van der Waals surface area contributed by atoms with Crippen LogP contribution in [-0.4, -0.2) is 6.04 Å². The van der Waals surface area contributed by atoms with Crippen LogP contribution in [0.4, 0.5) is 0 Å². The molecule has 0 aromatic rings. The van der Waals surface area contributed by atoms with Gasteiger partial charge in [0.25, 0.3) is 0 Å². The van der Waals surface area contributed by atoms with E-state index in [4.69, 9.17) is 10.5 Å². The highest BCUT2D eigenvalue weighted by atomic mass is 16.5. The maximum absolute atomic E-state index is 6.24. The van der Waals surface area contributed by atoms with Crippen molar-refractivity contribution in [2.24, 2.45) is 16.6 Å². The van der Waals surface area contributed by atoms with E-state index in [1.165, 1.54) is 0 Å². The van der Waals surface area contributed by atoms with Gasteiger partial charge in [0.15, 0.2) is 0 Å². The fourth-order valence-electron chi connectivity index (χ4n) is 1.23. The molecule has 0 aliphatic rings. The van der Waals surface area contributed by atoms with Crippen molar-refractivity contribution in [3.05, 3.63) is 24.2 Å². The Hall–Kier alpha value is -0.760. The van der Waals surface area contributed by atoms with Crippen molar-refractivity contribution in [3.8, 4) is 0 Å². The minimum Gasteiger partial charge on any atom is -0.468 e. The van der Waals surface area contributed by atoms with Crippen molar-refractivity contribution in [1.82, 2.24) is 0 Å². The quantitative estimate of drug-likeness (QED) is 0.745. The van der Waals surface area contributed by atoms with Crippen LogP contribution in [0.2, 0.25) is 0 Å². The molecule has 0 aliphatic heterocycles. The highest BCUT2D eigenvalue weighted by Crippen LogP contribution is 2.27. The third-order valence-corrected chi connectivity index (χ3v) is 2.50. The lowest BCUT2D eigenvalue weighted by Crippen LogP contribution is -2.37. The van der Waals surface area contributed by atoms with Crippen LogP contribution in [0.15, 0.2) is 24.2 Å². The van der Waals surface area contributed by atoms with Gasteiger partial charge in [0.1, 0.15) is 5.76 Å². The van der Waals surface area contributed by atoms with Gasteiger partial charge in [0.2, 0.25) is 0 Å². The molecule has 0 amide bonds. The largest absolute Gasteiger partial charge is 0.468 e. The van der Waals surface area contributed by atoms with E-state index in [0.717, 1.165) is 12.2 Å². The van der Waals surface area contributed by atoms with Crippen LogP contribution in [0.5, 0.6) is 0 Å². The van der Waals surface area contributed by atoms with Gasteiger partial charge in [-0.2, -0.15) is 0 Å². The van der Waals surface area contributed by atoms with E-state index < -0.39 is 0 Å². The Bertz CT molecular complexity index is 276. The Balaban J connectivity index is 4.87. The zero-order valence-corrected chi connectivity index (χ0v) is 12.5. The topological polar surface area (TPSA) is 35.2 Å². The first-order valence-corrected chi connectivity index (χ1v) is 6.31. The first-order chi connectivity index (χ1) is 7.58. The molecule has 0 bridgehead atoms. The summed E-state index contributed by atoms with van der Waals surface area (Å²) in [5.74, 6) is 0.866. The molecule has 0 spiro atoms. The standard InChI is InChI=1S/C15H29NO/c1-8-11-17-12(9-10-14(2,3)4)13(16)15(5,6)7/h8-9,11,13H,10,16H2,1-7H3/b11-8-,12-9-/t13-/m0/s1. The molecule has 1 atom stereocenters. The molecule has 0 unspecified atom stereocenters. The van der Waals surface area contributed by atoms with E-state index in [1.54, 1.807) is 6.26 Å². The molecule has 0 saturated heterocycles. The summed E-state index contributed by atoms with van der Waals surface area (Å²) in [5, 5.41) is 0. The molecule has 0 heterocycles. The monoisotopic (exact) mass is 239 g/mol. The summed E-state index contributed by atoms with van der Waals surface area (Å²) in [5.41, 5.74) is 6.50. The zero-order chi connectivity index (χ0) is 13.7. The van der Waals surface area contributed by atoms with Gasteiger partial charge in [-0.1, -0.05) is 47.6 Å². The maximum atomic E-state index is 6.24. The summed E-state index contributed by atoms with van der Waals surface area (Å²) in [4.78, 5) is 0. The first kappa shape index (κ1) is 16.2. The van der Waals surface area contributed by atoms with Gasteiger partial charge in [-0.3, -0.25) is 0 Å². The van der Waals surface area contributed by atoms with E-state index in [2.05, 4.69) is 47.6 Å². The average Bonchev–Trinajstić information content (AvgIpc) is 2.14. The van der Waals surface area contributed by atoms with E-state index >= 15 is 0 Å². The number of allylic oxidation sites excluding steroid dienone is 2. The molecule has 0 saturated carbocycles. The number of hydrogen-bond acceptors (Lipinski definition) is 2. The molecule has 2 N–H and O–H groups in total. The van der Waals surface area contributed by atoms with Gasteiger partial charge in [-0.05, 0) is 30.3 Å². The van der Waals surface area contributed by atoms with Crippen molar-refractivity contribution < 1.29 is 4.74 Å². The van der Waals surface area contributed by atoms with Crippen LogP contribution in [0.3, 0.4) is 0 Å². The van der Waals surface area contributed by atoms with Crippen LogP contribution in [0.25, 0.3) is 0 Å².